The number of hydrogen-bond donors (Lipinski definition) is 1. The first-order valence-electron chi connectivity index (χ1n) is 16.3. The molecule has 0 spiro atoms. The van der Waals surface area contributed by atoms with Gasteiger partial charge in [-0.1, -0.05) is 68.2 Å². The van der Waals surface area contributed by atoms with Gasteiger partial charge in [-0.3, -0.25) is 4.68 Å². The molecule has 1 aromatic heterocycles. The molecule has 5 heteroatoms. The van der Waals surface area contributed by atoms with Crippen molar-refractivity contribution in [3.8, 4) is 6.07 Å². The number of rotatable bonds is 5. The molecule has 6 unspecified atom stereocenters. The predicted octanol–water partition coefficient (Wildman–Crippen LogP) is 9.14. The molecular weight excluding hydrogens is 482 g/mol. The molecule has 1 N–H and O–H groups in total. The summed E-state index contributed by atoms with van der Waals surface area (Å²) in [5, 5.41) is 24.2. The first kappa shape index (κ1) is 37.6. The maximum Gasteiger partial charge on any atom is 0.102 e. The Morgan fingerprint density at radius 3 is 1.97 bits per heavy atom. The second-order valence-electron chi connectivity index (χ2n) is 10.7. The molecule has 228 valence electrons. The fourth-order valence-electron chi connectivity index (χ4n) is 8.06. The van der Waals surface area contributed by atoms with Crippen molar-refractivity contribution < 1.29 is 9.84 Å². The van der Waals surface area contributed by atoms with Gasteiger partial charge in [-0.2, -0.15) is 10.4 Å². The fourth-order valence-corrected chi connectivity index (χ4v) is 8.06. The molecule has 0 aromatic carbocycles. The van der Waals surface area contributed by atoms with E-state index in [0.29, 0.717) is 23.9 Å². The van der Waals surface area contributed by atoms with E-state index in [4.69, 9.17) is 10.00 Å². The zero-order chi connectivity index (χ0) is 28.5. The third-order valence-corrected chi connectivity index (χ3v) is 9.29. The molecule has 5 nitrogen and oxygen atoms in total. The van der Waals surface area contributed by atoms with Crippen LogP contribution in [-0.2, 0) is 11.3 Å². The first-order chi connectivity index (χ1) is 18.7. The molecule has 8 atom stereocenters. The van der Waals surface area contributed by atoms with Crippen molar-refractivity contribution in [3.05, 3.63) is 18.0 Å². The second kappa shape index (κ2) is 21.4. The number of nitrogens with zero attached hydrogens (tertiary/aromatic N) is 3. The van der Waals surface area contributed by atoms with Crippen molar-refractivity contribution >= 4 is 0 Å². The van der Waals surface area contributed by atoms with Gasteiger partial charge in [0.05, 0.1) is 24.4 Å². The van der Waals surface area contributed by atoms with E-state index in [0.717, 1.165) is 42.8 Å². The van der Waals surface area contributed by atoms with Crippen LogP contribution in [-0.4, -0.2) is 34.2 Å². The van der Waals surface area contributed by atoms with Crippen LogP contribution in [0, 0.1) is 52.8 Å². The summed E-state index contributed by atoms with van der Waals surface area (Å²) >= 11 is 0. The van der Waals surface area contributed by atoms with Crippen LogP contribution in [0.25, 0.3) is 0 Å². The third kappa shape index (κ3) is 10.2. The van der Waals surface area contributed by atoms with E-state index in [1.807, 2.05) is 55.4 Å². The van der Waals surface area contributed by atoms with Crippen molar-refractivity contribution in [2.24, 2.45) is 41.4 Å². The van der Waals surface area contributed by atoms with Crippen LogP contribution in [0.4, 0.5) is 0 Å². The Morgan fingerprint density at radius 1 is 0.846 bits per heavy atom. The van der Waals surface area contributed by atoms with E-state index in [2.05, 4.69) is 11.2 Å². The topological polar surface area (TPSA) is 71.1 Å². The van der Waals surface area contributed by atoms with Crippen LogP contribution in [0.3, 0.4) is 0 Å². The second-order valence-corrected chi connectivity index (χ2v) is 10.7. The molecule has 0 saturated heterocycles. The Hall–Kier alpha value is -1.38. The number of ether oxygens (including phenoxy) is 1. The normalized spacial score (nSPS) is 30.5. The summed E-state index contributed by atoms with van der Waals surface area (Å²) in [5.74, 6) is 5.99. The molecule has 4 fully saturated rings. The van der Waals surface area contributed by atoms with Crippen molar-refractivity contribution in [1.82, 2.24) is 9.78 Å². The molecule has 0 amide bonds. The molecule has 4 saturated carbocycles. The minimum absolute atomic E-state index is 0. The van der Waals surface area contributed by atoms with E-state index in [1.54, 1.807) is 17.1 Å². The SMILES string of the molecule is C.CC.CC.CC.CCOCC.N#Cc1cnn(CC(O)[C@H]2CC[C@H]3C4CCC5CCCCC5C4CCC23)c1. The van der Waals surface area contributed by atoms with Crippen LogP contribution in [0.15, 0.2) is 12.4 Å². The minimum atomic E-state index is -0.325. The summed E-state index contributed by atoms with van der Waals surface area (Å²) in [6.45, 7) is 18.2. The molecule has 4 aliphatic rings. The highest BCUT2D eigenvalue weighted by Gasteiger charge is 2.52. The van der Waals surface area contributed by atoms with Crippen LogP contribution >= 0.6 is 0 Å². The zero-order valence-electron chi connectivity index (χ0n) is 26.2. The summed E-state index contributed by atoms with van der Waals surface area (Å²) < 4.78 is 6.59. The van der Waals surface area contributed by atoms with Crippen LogP contribution in [0.2, 0.25) is 0 Å². The minimum Gasteiger partial charge on any atom is -0.391 e. The largest absolute Gasteiger partial charge is 0.391 e. The number of fused-ring (bicyclic) bond motifs is 5. The Bertz CT molecular complexity index is 756. The summed E-state index contributed by atoms with van der Waals surface area (Å²) in [7, 11) is 0. The lowest BCUT2D eigenvalue weighted by atomic mass is 9.53. The van der Waals surface area contributed by atoms with Gasteiger partial charge in [0.1, 0.15) is 6.07 Å². The number of hydrogen-bond acceptors (Lipinski definition) is 4. The quantitative estimate of drug-likeness (QED) is 0.399. The van der Waals surface area contributed by atoms with Gasteiger partial charge in [0.2, 0.25) is 0 Å². The highest BCUT2D eigenvalue weighted by Crippen LogP contribution is 2.59. The number of aromatic nitrogens is 2. The number of aliphatic hydroxyl groups is 1. The molecular formula is C34H65N3O2. The van der Waals surface area contributed by atoms with E-state index in [-0.39, 0.29) is 13.5 Å². The van der Waals surface area contributed by atoms with Crippen molar-refractivity contribution in [2.45, 2.75) is 140 Å². The van der Waals surface area contributed by atoms with Gasteiger partial charge in [0.25, 0.3) is 0 Å². The molecule has 0 radical (unpaired) electrons. The van der Waals surface area contributed by atoms with Gasteiger partial charge in [0.15, 0.2) is 0 Å². The van der Waals surface area contributed by atoms with Crippen molar-refractivity contribution in [1.29, 1.82) is 5.26 Å². The maximum absolute atomic E-state index is 11.0. The van der Waals surface area contributed by atoms with Gasteiger partial charge in [-0.05, 0) is 100 Å². The standard InChI is InChI=1S/C23H33N3O.C4H10O.3C2H6.CH4/c24-11-15-12-25-26(13-15)14-23(27)22-10-9-20-19-6-5-16-3-1-2-4-17(16)18(19)7-8-21(20)22;1-3-5-4-2;3*1-2;/h12-13,16-23,27H,1-10,14H2;3-4H2,1-2H3;3*1-2H3;1H4/t16?,17?,18?,19?,20-,21?,22-,23?;;;;;/m0...../s1. The summed E-state index contributed by atoms with van der Waals surface area (Å²) in [4.78, 5) is 0. The smallest absolute Gasteiger partial charge is 0.102 e. The lowest BCUT2D eigenvalue weighted by molar-refractivity contribution is -0.0381. The average molecular weight is 548 g/mol. The fraction of sp³-hybridized carbons (Fsp3) is 0.882. The molecule has 4 aliphatic carbocycles. The van der Waals surface area contributed by atoms with Crippen molar-refractivity contribution in [3.63, 3.8) is 0 Å². The molecule has 1 heterocycles. The third-order valence-electron chi connectivity index (χ3n) is 9.29. The van der Waals surface area contributed by atoms with E-state index in [1.165, 1.54) is 64.2 Å². The summed E-state index contributed by atoms with van der Waals surface area (Å²) in [6.07, 6.45) is 17.2. The predicted molar refractivity (Wildman–Crippen MR) is 166 cm³/mol. The van der Waals surface area contributed by atoms with Gasteiger partial charge in [-0.15, -0.1) is 0 Å². The van der Waals surface area contributed by atoms with Crippen LogP contribution in [0.1, 0.15) is 133 Å². The van der Waals surface area contributed by atoms with E-state index in [9.17, 15) is 5.11 Å². The highest BCUT2D eigenvalue weighted by molar-refractivity contribution is 5.21. The van der Waals surface area contributed by atoms with Gasteiger partial charge in [-0.25, -0.2) is 0 Å². The summed E-state index contributed by atoms with van der Waals surface area (Å²) in [6, 6.07) is 2.12. The van der Waals surface area contributed by atoms with Crippen LogP contribution in [0.5, 0.6) is 0 Å². The summed E-state index contributed by atoms with van der Waals surface area (Å²) in [5.41, 5.74) is 0.580. The Kier molecular flexibility index (Phi) is 20.6. The van der Waals surface area contributed by atoms with E-state index < -0.39 is 0 Å². The number of aliphatic hydroxyl groups excluding tert-OH is 1. The lowest BCUT2D eigenvalue weighted by Crippen LogP contribution is -2.45. The van der Waals surface area contributed by atoms with Gasteiger partial charge in [0, 0.05) is 19.4 Å². The lowest BCUT2D eigenvalue weighted by Gasteiger charge is -2.52. The monoisotopic (exact) mass is 548 g/mol. The molecule has 5 rings (SSSR count). The van der Waals surface area contributed by atoms with Crippen LogP contribution < -0.4 is 0 Å². The van der Waals surface area contributed by atoms with Crippen molar-refractivity contribution in [2.75, 3.05) is 13.2 Å². The highest BCUT2D eigenvalue weighted by atomic mass is 16.5. The Balaban J connectivity index is 0.00000106. The van der Waals surface area contributed by atoms with Gasteiger partial charge < -0.3 is 9.84 Å². The Labute approximate surface area is 243 Å². The molecule has 0 aliphatic heterocycles. The first-order valence-corrected chi connectivity index (χ1v) is 16.3. The molecule has 39 heavy (non-hydrogen) atoms. The van der Waals surface area contributed by atoms with E-state index >= 15 is 0 Å². The Morgan fingerprint density at radius 2 is 1.38 bits per heavy atom. The van der Waals surface area contributed by atoms with Gasteiger partial charge >= 0.3 is 0 Å². The molecule has 0 bridgehead atoms. The number of nitriles is 1. The average Bonchev–Trinajstić information content (AvgIpc) is 3.64. The zero-order valence-corrected chi connectivity index (χ0v) is 26.2. The molecule has 1 aromatic rings. The maximum atomic E-state index is 11.0.